The second kappa shape index (κ2) is 5.81. The Morgan fingerprint density at radius 2 is 1.94 bits per heavy atom. The van der Waals surface area contributed by atoms with Gasteiger partial charge in [0.05, 0.1) is 0 Å². The fourth-order valence-corrected chi connectivity index (χ4v) is 3.12. The summed E-state index contributed by atoms with van der Waals surface area (Å²) in [6.45, 7) is 0. The third kappa shape index (κ3) is 3.46. The third-order valence-electron chi connectivity index (χ3n) is 1.76. The summed E-state index contributed by atoms with van der Waals surface area (Å²) in [5, 5.41) is 6.33. The van der Waals surface area contributed by atoms with Gasteiger partial charge in [0.1, 0.15) is 0 Å². The van der Waals surface area contributed by atoms with Crippen molar-refractivity contribution in [3.63, 3.8) is 0 Å². The van der Waals surface area contributed by atoms with Gasteiger partial charge in [0.25, 0.3) is 0 Å². The lowest BCUT2D eigenvalue weighted by molar-refractivity contribution is 0.167. The monoisotopic (exact) mass is 254 g/mol. The Morgan fingerprint density at radius 1 is 1.25 bits per heavy atom. The number of hydrogen-bond acceptors (Lipinski definition) is 5. The van der Waals surface area contributed by atoms with Crippen LogP contribution in [0.5, 0.6) is 0 Å². The lowest BCUT2D eigenvalue weighted by atomic mass is 10.3. The minimum atomic E-state index is -0.563. The van der Waals surface area contributed by atoms with E-state index in [2.05, 4.69) is 10.5 Å². The van der Waals surface area contributed by atoms with Gasteiger partial charge in [0, 0.05) is 17.2 Å². The zero-order chi connectivity index (χ0) is 11.2. The molecule has 84 valence electrons. The summed E-state index contributed by atoms with van der Waals surface area (Å²) in [6, 6.07) is 9.12. The third-order valence-corrected chi connectivity index (χ3v) is 4.18. The highest BCUT2D eigenvalue weighted by atomic mass is 32.2. The summed E-state index contributed by atoms with van der Waals surface area (Å²) in [4.78, 5) is 16.0. The zero-order valence-electron chi connectivity index (χ0n) is 8.38. The van der Waals surface area contributed by atoms with Crippen LogP contribution in [0.1, 0.15) is 0 Å². The Balaban J connectivity index is 1.82. The van der Waals surface area contributed by atoms with Gasteiger partial charge in [-0.25, -0.2) is 4.79 Å². The first-order valence-electron chi connectivity index (χ1n) is 4.71. The van der Waals surface area contributed by atoms with Crippen LogP contribution in [-0.2, 0) is 4.84 Å². The zero-order valence-corrected chi connectivity index (χ0v) is 10.0. The van der Waals surface area contributed by atoms with E-state index in [0.717, 1.165) is 15.9 Å². The first kappa shape index (κ1) is 11.3. The first-order valence-corrected chi connectivity index (χ1v) is 6.68. The highest BCUT2D eigenvalue weighted by Gasteiger charge is 2.11. The minimum absolute atomic E-state index is 0.563. The molecule has 0 radical (unpaired) electrons. The summed E-state index contributed by atoms with van der Waals surface area (Å²) in [5.41, 5.74) is 0.694. The van der Waals surface area contributed by atoms with Gasteiger partial charge in [-0.15, -0.1) is 0 Å². The van der Waals surface area contributed by atoms with E-state index in [0.29, 0.717) is 5.69 Å². The van der Waals surface area contributed by atoms with E-state index in [9.17, 15) is 4.79 Å². The summed E-state index contributed by atoms with van der Waals surface area (Å²) >= 11 is 3.20. The maximum absolute atomic E-state index is 11.3. The normalized spacial score (nSPS) is 14.6. The first-order chi connectivity index (χ1) is 7.84. The molecule has 0 aliphatic carbocycles. The average molecular weight is 254 g/mol. The molecule has 0 saturated carbocycles. The molecule has 1 aliphatic heterocycles. The number of rotatable bonds is 2. The Hall–Kier alpha value is -1.14. The van der Waals surface area contributed by atoms with Gasteiger partial charge in [0.2, 0.25) is 0 Å². The van der Waals surface area contributed by atoms with Crippen molar-refractivity contribution in [1.29, 1.82) is 0 Å². The number of amides is 1. The summed E-state index contributed by atoms with van der Waals surface area (Å²) in [6.07, 6.45) is -0.563. The van der Waals surface area contributed by atoms with E-state index in [1.807, 2.05) is 18.2 Å². The average Bonchev–Trinajstić information content (AvgIpc) is 2.81. The summed E-state index contributed by atoms with van der Waals surface area (Å²) < 4.78 is 0.809. The van der Waals surface area contributed by atoms with Crippen molar-refractivity contribution in [3.8, 4) is 0 Å². The molecule has 1 amide bonds. The lowest BCUT2D eigenvalue weighted by Gasteiger charge is -2.01. The molecule has 2 rings (SSSR count). The molecule has 1 aromatic rings. The van der Waals surface area contributed by atoms with E-state index in [-0.39, 0.29) is 0 Å². The molecule has 1 aromatic carbocycles. The Bertz CT molecular complexity index is 387. The van der Waals surface area contributed by atoms with E-state index in [1.165, 1.54) is 0 Å². The quantitative estimate of drug-likeness (QED) is 0.651. The van der Waals surface area contributed by atoms with Crippen LogP contribution in [0.25, 0.3) is 0 Å². The lowest BCUT2D eigenvalue weighted by Crippen LogP contribution is -2.10. The molecule has 1 saturated heterocycles. The number of nitrogens with one attached hydrogen (secondary N) is 1. The predicted octanol–water partition coefficient (Wildman–Crippen LogP) is 2.99. The molecule has 0 unspecified atom stereocenters. The molecular weight excluding hydrogens is 244 g/mol. The minimum Gasteiger partial charge on any atom is -0.296 e. The van der Waals surface area contributed by atoms with Gasteiger partial charge >= 0.3 is 6.09 Å². The standard InChI is InChI=1S/C10H10N2O2S2/c13-9(11-8-4-2-1-3-5-8)14-12-10-15-6-7-16-10/h1-5H,6-7H2,(H,11,13). The van der Waals surface area contributed by atoms with Gasteiger partial charge in [-0.2, -0.15) is 0 Å². The number of para-hydroxylation sites is 1. The Kier molecular flexibility index (Phi) is 4.12. The van der Waals surface area contributed by atoms with Crippen LogP contribution < -0.4 is 5.32 Å². The summed E-state index contributed by atoms with van der Waals surface area (Å²) in [7, 11) is 0. The molecular formula is C10H10N2O2S2. The van der Waals surface area contributed by atoms with Crippen LogP contribution in [0.4, 0.5) is 10.5 Å². The van der Waals surface area contributed by atoms with Crippen LogP contribution >= 0.6 is 23.5 Å². The van der Waals surface area contributed by atoms with E-state index in [1.54, 1.807) is 35.7 Å². The van der Waals surface area contributed by atoms with Gasteiger partial charge in [-0.1, -0.05) is 46.9 Å². The predicted molar refractivity (Wildman–Crippen MR) is 68.9 cm³/mol. The highest BCUT2D eigenvalue weighted by molar-refractivity contribution is 8.41. The molecule has 4 nitrogen and oxygen atoms in total. The maximum atomic E-state index is 11.3. The van der Waals surface area contributed by atoms with Crippen molar-refractivity contribution in [2.75, 3.05) is 16.8 Å². The number of hydrogen-bond donors (Lipinski definition) is 1. The second-order valence-corrected chi connectivity index (χ2v) is 5.35. The SMILES string of the molecule is O=C(Nc1ccccc1)ON=C1SCCS1. The van der Waals surface area contributed by atoms with Crippen molar-refractivity contribution in [1.82, 2.24) is 0 Å². The smallest absolute Gasteiger partial charge is 0.296 e. The Morgan fingerprint density at radius 3 is 2.62 bits per heavy atom. The molecule has 1 N–H and O–H groups in total. The van der Waals surface area contributed by atoms with Crippen LogP contribution in [0.2, 0.25) is 0 Å². The van der Waals surface area contributed by atoms with Crippen molar-refractivity contribution >= 4 is 39.7 Å². The van der Waals surface area contributed by atoms with Crippen LogP contribution in [0, 0.1) is 0 Å². The number of carbonyl (C=O) groups excluding carboxylic acids is 1. The van der Waals surface area contributed by atoms with Crippen LogP contribution in [0.3, 0.4) is 0 Å². The van der Waals surface area contributed by atoms with Crippen molar-refractivity contribution in [2.24, 2.45) is 5.16 Å². The summed E-state index contributed by atoms with van der Waals surface area (Å²) in [5.74, 6) is 2.04. The second-order valence-electron chi connectivity index (χ2n) is 2.92. The van der Waals surface area contributed by atoms with Gasteiger partial charge in [-0.05, 0) is 12.1 Å². The number of oxime groups is 1. The molecule has 0 aromatic heterocycles. The van der Waals surface area contributed by atoms with Crippen molar-refractivity contribution in [2.45, 2.75) is 0 Å². The van der Waals surface area contributed by atoms with Crippen LogP contribution in [0.15, 0.2) is 35.5 Å². The number of nitrogens with zero attached hydrogens (tertiary/aromatic N) is 1. The number of benzene rings is 1. The maximum Gasteiger partial charge on any atom is 0.437 e. The van der Waals surface area contributed by atoms with Gasteiger partial charge in [-0.3, -0.25) is 10.2 Å². The van der Waals surface area contributed by atoms with Crippen molar-refractivity contribution in [3.05, 3.63) is 30.3 Å². The van der Waals surface area contributed by atoms with Crippen LogP contribution in [-0.4, -0.2) is 22.0 Å². The topological polar surface area (TPSA) is 50.7 Å². The molecule has 1 heterocycles. The highest BCUT2D eigenvalue weighted by Crippen LogP contribution is 2.25. The number of carbonyl (C=O) groups is 1. The fraction of sp³-hybridized carbons (Fsp3) is 0.200. The number of anilines is 1. The molecule has 16 heavy (non-hydrogen) atoms. The largest absolute Gasteiger partial charge is 0.437 e. The Labute approximate surface area is 102 Å². The van der Waals surface area contributed by atoms with Gasteiger partial charge in [0.15, 0.2) is 4.38 Å². The molecule has 1 aliphatic rings. The molecule has 0 atom stereocenters. The molecule has 0 bridgehead atoms. The van der Waals surface area contributed by atoms with Gasteiger partial charge < -0.3 is 0 Å². The molecule has 1 fully saturated rings. The molecule has 6 heteroatoms. The fourth-order valence-electron chi connectivity index (χ4n) is 1.09. The van der Waals surface area contributed by atoms with E-state index >= 15 is 0 Å². The van der Waals surface area contributed by atoms with E-state index < -0.39 is 6.09 Å². The van der Waals surface area contributed by atoms with Crippen molar-refractivity contribution < 1.29 is 9.63 Å². The number of thioether (sulfide) groups is 2. The molecule has 0 spiro atoms. The van der Waals surface area contributed by atoms with E-state index in [4.69, 9.17) is 4.84 Å².